The van der Waals surface area contributed by atoms with E-state index in [2.05, 4.69) is 12.2 Å². The molecule has 0 aliphatic heterocycles. The Morgan fingerprint density at radius 1 is 1.24 bits per heavy atom. The minimum Gasteiger partial charge on any atom is -0.483 e. The third-order valence-corrected chi connectivity index (χ3v) is 4.08. The number of hydrogen-bond acceptors (Lipinski definition) is 3. The van der Waals surface area contributed by atoms with E-state index in [0.717, 1.165) is 6.42 Å². The maximum atomic E-state index is 12.0. The van der Waals surface area contributed by atoms with Crippen LogP contribution >= 0.6 is 0 Å². The van der Waals surface area contributed by atoms with Gasteiger partial charge in [-0.1, -0.05) is 31.9 Å². The highest BCUT2D eigenvalue weighted by Gasteiger charge is 2.22. The summed E-state index contributed by atoms with van der Waals surface area (Å²) in [4.78, 5) is 23.5. The van der Waals surface area contributed by atoms with Crippen molar-refractivity contribution in [1.29, 1.82) is 0 Å². The summed E-state index contributed by atoms with van der Waals surface area (Å²) in [6.07, 6.45) is 4.62. The number of nitrogens with one attached hydrogen (secondary N) is 1. The van der Waals surface area contributed by atoms with E-state index in [1.807, 2.05) is 0 Å². The van der Waals surface area contributed by atoms with Gasteiger partial charge in [-0.2, -0.15) is 0 Å². The zero-order valence-corrected chi connectivity index (χ0v) is 12.7. The first-order valence-electron chi connectivity index (χ1n) is 7.60. The van der Waals surface area contributed by atoms with Gasteiger partial charge in [0.15, 0.2) is 12.4 Å². The van der Waals surface area contributed by atoms with Crippen molar-refractivity contribution in [3.63, 3.8) is 0 Å². The van der Waals surface area contributed by atoms with Crippen LogP contribution in [0.2, 0.25) is 0 Å². The van der Waals surface area contributed by atoms with E-state index < -0.39 is 0 Å². The highest BCUT2D eigenvalue weighted by molar-refractivity contribution is 5.96. The lowest BCUT2D eigenvalue weighted by Gasteiger charge is -2.29. The van der Waals surface area contributed by atoms with Gasteiger partial charge in [-0.15, -0.1) is 0 Å². The van der Waals surface area contributed by atoms with Gasteiger partial charge in [-0.25, -0.2) is 0 Å². The SMILES string of the molecule is CC(=O)c1ccccc1OCC(=O)NC1CCCCC1C. The van der Waals surface area contributed by atoms with Crippen molar-refractivity contribution in [2.24, 2.45) is 5.92 Å². The first-order chi connectivity index (χ1) is 10.1. The molecule has 21 heavy (non-hydrogen) atoms. The van der Waals surface area contributed by atoms with Crippen LogP contribution in [-0.4, -0.2) is 24.3 Å². The largest absolute Gasteiger partial charge is 0.483 e. The standard InChI is InChI=1S/C17H23NO3/c1-12-7-3-5-9-15(12)18-17(20)11-21-16-10-6-4-8-14(16)13(2)19/h4,6,8,10,12,15H,3,5,7,9,11H2,1-2H3,(H,18,20). The van der Waals surface area contributed by atoms with Crippen LogP contribution in [0.5, 0.6) is 5.75 Å². The maximum Gasteiger partial charge on any atom is 0.258 e. The predicted octanol–water partition coefficient (Wildman–Crippen LogP) is 2.96. The Kier molecular flexibility index (Phi) is 5.37. The molecule has 2 atom stereocenters. The smallest absolute Gasteiger partial charge is 0.258 e. The summed E-state index contributed by atoms with van der Waals surface area (Å²) in [5, 5.41) is 3.04. The van der Waals surface area contributed by atoms with Crippen LogP contribution in [0.15, 0.2) is 24.3 Å². The molecule has 114 valence electrons. The number of ketones is 1. The van der Waals surface area contributed by atoms with E-state index in [1.54, 1.807) is 24.3 Å². The van der Waals surface area contributed by atoms with E-state index >= 15 is 0 Å². The lowest BCUT2D eigenvalue weighted by atomic mass is 9.86. The van der Waals surface area contributed by atoms with Crippen molar-refractivity contribution in [3.05, 3.63) is 29.8 Å². The lowest BCUT2D eigenvalue weighted by molar-refractivity contribution is -0.124. The molecule has 1 N–H and O–H groups in total. The summed E-state index contributed by atoms with van der Waals surface area (Å²) in [6.45, 7) is 3.62. The van der Waals surface area contributed by atoms with Crippen LogP contribution in [0.25, 0.3) is 0 Å². The molecule has 0 heterocycles. The number of ether oxygens (including phenoxy) is 1. The molecule has 2 unspecified atom stereocenters. The highest BCUT2D eigenvalue weighted by atomic mass is 16.5. The summed E-state index contributed by atoms with van der Waals surface area (Å²) >= 11 is 0. The first kappa shape index (κ1) is 15.5. The second-order valence-corrected chi connectivity index (χ2v) is 5.78. The van der Waals surface area contributed by atoms with E-state index in [1.165, 1.54) is 26.2 Å². The summed E-state index contributed by atoms with van der Waals surface area (Å²) in [7, 11) is 0. The summed E-state index contributed by atoms with van der Waals surface area (Å²) in [5.74, 6) is 0.808. The molecule has 0 radical (unpaired) electrons. The second-order valence-electron chi connectivity index (χ2n) is 5.78. The molecule has 1 fully saturated rings. The number of para-hydroxylation sites is 1. The molecular formula is C17H23NO3. The van der Waals surface area contributed by atoms with Crippen LogP contribution in [0.4, 0.5) is 0 Å². The fourth-order valence-corrected chi connectivity index (χ4v) is 2.81. The zero-order valence-electron chi connectivity index (χ0n) is 12.7. The Bertz CT molecular complexity index is 513. The molecule has 4 nitrogen and oxygen atoms in total. The van der Waals surface area contributed by atoms with Gasteiger partial charge >= 0.3 is 0 Å². The van der Waals surface area contributed by atoms with Gasteiger partial charge < -0.3 is 10.1 Å². The molecule has 0 saturated heterocycles. The van der Waals surface area contributed by atoms with Gasteiger partial charge in [0.25, 0.3) is 5.91 Å². The summed E-state index contributed by atoms with van der Waals surface area (Å²) < 4.78 is 5.50. The van der Waals surface area contributed by atoms with Crippen LogP contribution in [0.3, 0.4) is 0 Å². The van der Waals surface area contributed by atoms with Crippen molar-refractivity contribution in [1.82, 2.24) is 5.32 Å². The number of carbonyl (C=O) groups is 2. The van der Waals surface area contributed by atoms with Gasteiger partial charge in [0.1, 0.15) is 5.75 Å². The average molecular weight is 289 g/mol. The van der Waals surface area contributed by atoms with Gasteiger partial charge in [0.05, 0.1) is 5.56 Å². The van der Waals surface area contributed by atoms with E-state index in [4.69, 9.17) is 4.74 Å². The molecular weight excluding hydrogens is 266 g/mol. The normalized spacial score (nSPS) is 21.6. The number of Topliss-reactive ketones (excluding diaryl/α,β-unsaturated/α-hetero) is 1. The Labute approximate surface area is 125 Å². The summed E-state index contributed by atoms with van der Waals surface area (Å²) in [5.41, 5.74) is 0.510. The zero-order chi connectivity index (χ0) is 15.2. The second kappa shape index (κ2) is 7.25. The Hall–Kier alpha value is -1.84. The Morgan fingerprint density at radius 3 is 2.67 bits per heavy atom. The molecule has 0 aromatic heterocycles. The van der Waals surface area contributed by atoms with Crippen LogP contribution in [-0.2, 0) is 4.79 Å². The predicted molar refractivity (Wildman–Crippen MR) is 81.5 cm³/mol. The van der Waals surface area contributed by atoms with E-state index in [-0.39, 0.29) is 24.3 Å². The van der Waals surface area contributed by atoms with Crippen LogP contribution in [0, 0.1) is 5.92 Å². The molecule has 1 aromatic carbocycles. The number of rotatable bonds is 5. The molecule has 1 aromatic rings. The molecule has 1 saturated carbocycles. The molecule has 1 aliphatic rings. The topological polar surface area (TPSA) is 55.4 Å². The number of benzene rings is 1. The fourth-order valence-electron chi connectivity index (χ4n) is 2.81. The number of amides is 1. The van der Waals surface area contributed by atoms with Gasteiger partial charge in [-0.05, 0) is 37.8 Å². The minimum absolute atomic E-state index is 0.0481. The third kappa shape index (κ3) is 4.31. The van der Waals surface area contributed by atoms with Gasteiger partial charge in [0, 0.05) is 6.04 Å². The van der Waals surface area contributed by atoms with Crippen molar-refractivity contribution in [3.8, 4) is 5.75 Å². The minimum atomic E-state index is -0.118. The first-order valence-corrected chi connectivity index (χ1v) is 7.60. The monoisotopic (exact) mass is 289 g/mol. The van der Waals surface area contributed by atoms with Crippen molar-refractivity contribution < 1.29 is 14.3 Å². The number of carbonyl (C=O) groups excluding carboxylic acids is 2. The van der Waals surface area contributed by atoms with Crippen LogP contribution < -0.4 is 10.1 Å². The van der Waals surface area contributed by atoms with E-state index in [9.17, 15) is 9.59 Å². The molecule has 1 amide bonds. The van der Waals surface area contributed by atoms with Crippen molar-refractivity contribution in [2.45, 2.75) is 45.6 Å². The fraction of sp³-hybridized carbons (Fsp3) is 0.529. The highest BCUT2D eigenvalue weighted by Crippen LogP contribution is 2.23. The van der Waals surface area contributed by atoms with Crippen molar-refractivity contribution >= 4 is 11.7 Å². The quantitative estimate of drug-likeness (QED) is 0.848. The molecule has 0 bridgehead atoms. The van der Waals surface area contributed by atoms with Gasteiger partial charge in [-0.3, -0.25) is 9.59 Å². The maximum absolute atomic E-state index is 12.0. The van der Waals surface area contributed by atoms with E-state index in [0.29, 0.717) is 17.2 Å². The van der Waals surface area contributed by atoms with Gasteiger partial charge in [0.2, 0.25) is 0 Å². The summed E-state index contributed by atoms with van der Waals surface area (Å²) in [6, 6.07) is 7.25. The third-order valence-electron chi connectivity index (χ3n) is 4.08. The average Bonchev–Trinajstić information content (AvgIpc) is 2.48. The Balaban J connectivity index is 1.88. The lowest BCUT2D eigenvalue weighted by Crippen LogP contribution is -2.43. The van der Waals surface area contributed by atoms with Crippen LogP contribution in [0.1, 0.15) is 49.9 Å². The molecule has 1 aliphatic carbocycles. The molecule has 4 heteroatoms. The molecule has 2 rings (SSSR count). The number of hydrogen-bond donors (Lipinski definition) is 1. The van der Waals surface area contributed by atoms with Crippen molar-refractivity contribution in [2.75, 3.05) is 6.61 Å². The Morgan fingerprint density at radius 2 is 1.95 bits per heavy atom. The molecule has 0 spiro atoms.